The van der Waals surface area contributed by atoms with Crippen molar-refractivity contribution in [2.24, 2.45) is 0 Å². The molecule has 37 heavy (non-hydrogen) atoms. The van der Waals surface area contributed by atoms with Gasteiger partial charge in [0.15, 0.2) is 17.3 Å². The Hall–Kier alpha value is -4.47. The number of aryl methyl sites for hydroxylation is 1. The second kappa shape index (κ2) is 10.7. The maximum Gasteiger partial charge on any atom is 0.301 e. The highest BCUT2D eigenvalue weighted by Crippen LogP contribution is 2.47. The van der Waals surface area contributed by atoms with Gasteiger partial charge in [-0.05, 0) is 55.3 Å². The lowest BCUT2D eigenvalue weighted by Crippen LogP contribution is -2.29. The number of methoxy groups -OCH3 is 3. The molecule has 0 saturated carbocycles. The second-order valence-electron chi connectivity index (χ2n) is 8.30. The number of aliphatic hydroxyl groups excluding tert-OH is 1. The van der Waals surface area contributed by atoms with Gasteiger partial charge in [0.1, 0.15) is 17.3 Å². The van der Waals surface area contributed by atoms with Crippen LogP contribution in [0.15, 0.2) is 52.6 Å². The summed E-state index contributed by atoms with van der Waals surface area (Å²) in [5.41, 5.74) is 0.650. The Morgan fingerprint density at radius 2 is 1.68 bits per heavy atom. The number of benzene rings is 2. The van der Waals surface area contributed by atoms with Crippen molar-refractivity contribution >= 4 is 23.3 Å². The van der Waals surface area contributed by atoms with Crippen molar-refractivity contribution in [1.29, 1.82) is 0 Å². The van der Waals surface area contributed by atoms with Crippen molar-refractivity contribution < 1.29 is 38.2 Å². The van der Waals surface area contributed by atoms with Crippen LogP contribution in [0, 0.1) is 6.92 Å². The number of aromatic nitrogens is 1. The molecule has 2 aromatic carbocycles. The third-order valence-corrected chi connectivity index (χ3v) is 5.91. The first kappa shape index (κ1) is 25.6. The fourth-order valence-corrected chi connectivity index (χ4v) is 4.19. The minimum atomic E-state index is -1.06. The van der Waals surface area contributed by atoms with Crippen LogP contribution in [0.2, 0.25) is 0 Å². The largest absolute Gasteiger partial charge is 0.507 e. The summed E-state index contributed by atoms with van der Waals surface area (Å²) >= 11 is 0. The van der Waals surface area contributed by atoms with Crippen molar-refractivity contribution in [3.05, 3.63) is 64.9 Å². The van der Waals surface area contributed by atoms with Crippen LogP contribution in [0.4, 0.5) is 5.82 Å². The summed E-state index contributed by atoms with van der Waals surface area (Å²) in [6, 6.07) is 10.3. The third kappa shape index (κ3) is 4.69. The maximum atomic E-state index is 13.4. The van der Waals surface area contributed by atoms with Crippen LogP contribution < -0.4 is 23.8 Å². The molecule has 0 spiro atoms. The number of rotatable bonds is 9. The first-order valence-corrected chi connectivity index (χ1v) is 11.6. The van der Waals surface area contributed by atoms with Gasteiger partial charge < -0.3 is 28.6 Å². The number of aliphatic hydroxyl groups is 1. The summed E-state index contributed by atoms with van der Waals surface area (Å²) in [6.45, 7) is 4.22. The number of ketones is 1. The van der Waals surface area contributed by atoms with Gasteiger partial charge in [-0.2, -0.15) is 0 Å². The molecule has 1 fully saturated rings. The lowest BCUT2D eigenvalue weighted by Gasteiger charge is -2.24. The lowest BCUT2D eigenvalue weighted by molar-refractivity contribution is -0.132. The fourth-order valence-electron chi connectivity index (χ4n) is 4.19. The highest BCUT2D eigenvalue weighted by molar-refractivity contribution is 6.51. The number of hydrogen-bond donors (Lipinski definition) is 1. The molecule has 10 heteroatoms. The number of nitrogens with zero attached hydrogens (tertiary/aromatic N) is 2. The molecule has 1 atom stereocenters. The van der Waals surface area contributed by atoms with Gasteiger partial charge in [0.25, 0.3) is 5.78 Å². The van der Waals surface area contributed by atoms with Crippen molar-refractivity contribution in [2.45, 2.75) is 26.3 Å². The molecule has 0 bridgehead atoms. The van der Waals surface area contributed by atoms with Crippen LogP contribution in [0.3, 0.4) is 0 Å². The summed E-state index contributed by atoms with van der Waals surface area (Å²) in [4.78, 5) is 27.8. The predicted octanol–water partition coefficient (Wildman–Crippen LogP) is 4.42. The summed E-state index contributed by atoms with van der Waals surface area (Å²) in [6.07, 6.45) is 0.849. The van der Waals surface area contributed by atoms with E-state index < -0.39 is 17.7 Å². The minimum absolute atomic E-state index is 0.123. The van der Waals surface area contributed by atoms with E-state index in [-0.39, 0.29) is 17.2 Å². The topological polar surface area (TPSA) is 121 Å². The molecule has 1 aliphatic rings. The van der Waals surface area contributed by atoms with Gasteiger partial charge in [0.2, 0.25) is 5.75 Å². The molecule has 1 aliphatic heterocycles. The Kier molecular flexibility index (Phi) is 7.37. The van der Waals surface area contributed by atoms with Crippen LogP contribution in [0.25, 0.3) is 5.76 Å². The van der Waals surface area contributed by atoms with Gasteiger partial charge in [-0.15, -0.1) is 0 Å². The van der Waals surface area contributed by atoms with E-state index in [9.17, 15) is 14.7 Å². The quantitative estimate of drug-likeness (QED) is 0.254. The highest BCUT2D eigenvalue weighted by Gasteiger charge is 2.48. The Balaban J connectivity index is 1.92. The third-order valence-electron chi connectivity index (χ3n) is 5.91. The monoisotopic (exact) mass is 508 g/mol. The first-order chi connectivity index (χ1) is 17.8. The van der Waals surface area contributed by atoms with E-state index in [1.165, 1.54) is 32.3 Å². The number of Topliss-reactive ketones (excluding diaryl/α,β-unsaturated/α-hetero) is 1. The summed E-state index contributed by atoms with van der Waals surface area (Å²) in [5.74, 6) is 0.0849. The van der Waals surface area contributed by atoms with Gasteiger partial charge in [0, 0.05) is 11.6 Å². The van der Waals surface area contributed by atoms with Crippen molar-refractivity contribution in [3.63, 3.8) is 0 Å². The van der Waals surface area contributed by atoms with Crippen molar-refractivity contribution in [2.75, 3.05) is 32.8 Å². The predicted molar refractivity (Wildman–Crippen MR) is 134 cm³/mol. The zero-order chi connectivity index (χ0) is 26.7. The lowest BCUT2D eigenvalue weighted by atomic mass is 9.94. The molecule has 0 radical (unpaired) electrons. The minimum Gasteiger partial charge on any atom is -0.507 e. The van der Waals surface area contributed by atoms with Crippen LogP contribution in [0.5, 0.6) is 23.0 Å². The Morgan fingerprint density at radius 1 is 1.03 bits per heavy atom. The van der Waals surface area contributed by atoms with E-state index in [4.69, 9.17) is 23.5 Å². The number of carbonyl (C=O) groups is 2. The van der Waals surface area contributed by atoms with E-state index in [1.807, 2.05) is 6.92 Å². The molecule has 2 heterocycles. The van der Waals surface area contributed by atoms with Gasteiger partial charge in [-0.3, -0.25) is 14.5 Å². The summed E-state index contributed by atoms with van der Waals surface area (Å²) < 4.78 is 27.2. The van der Waals surface area contributed by atoms with E-state index in [0.29, 0.717) is 46.5 Å². The van der Waals surface area contributed by atoms with Crippen LogP contribution in [-0.4, -0.2) is 49.9 Å². The van der Waals surface area contributed by atoms with Crippen LogP contribution in [0.1, 0.15) is 36.3 Å². The molecule has 1 aromatic heterocycles. The molecule has 194 valence electrons. The summed E-state index contributed by atoms with van der Waals surface area (Å²) in [5, 5.41) is 15.3. The Morgan fingerprint density at radius 3 is 2.19 bits per heavy atom. The molecule has 10 nitrogen and oxygen atoms in total. The molecule has 3 aromatic rings. The number of carbonyl (C=O) groups excluding carboxylic acids is 2. The standard InChI is InChI=1S/C27H28N2O8/c1-6-11-36-18-9-7-16(8-10-18)24(30)22-23(17-13-19(33-3)26(35-5)20(14-17)34-4)29(27(32)25(22)31)21-12-15(2)37-28-21/h7-10,12-14,23,30H,6,11H2,1-5H3/t23-/m1/s1. The zero-order valence-corrected chi connectivity index (χ0v) is 21.2. The Labute approximate surface area is 214 Å². The zero-order valence-electron chi connectivity index (χ0n) is 21.2. The van der Waals surface area contributed by atoms with Gasteiger partial charge in [0.05, 0.1) is 39.6 Å². The highest BCUT2D eigenvalue weighted by atomic mass is 16.5. The van der Waals surface area contributed by atoms with Crippen molar-refractivity contribution in [3.8, 4) is 23.0 Å². The first-order valence-electron chi connectivity index (χ1n) is 11.6. The van der Waals surface area contributed by atoms with Crippen LogP contribution in [-0.2, 0) is 9.59 Å². The SMILES string of the molecule is CCCOc1ccc(C(O)=C2C(=O)C(=O)N(c3cc(C)on3)[C@@H]2c2cc(OC)c(OC)c(OC)c2)cc1. The maximum absolute atomic E-state index is 13.4. The molecule has 0 aliphatic carbocycles. The molecule has 0 unspecified atom stereocenters. The van der Waals surface area contributed by atoms with E-state index in [1.54, 1.807) is 43.3 Å². The van der Waals surface area contributed by atoms with Gasteiger partial charge in [-0.1, -0.05) is 12.1 Å². The molecular weight excluding hydrogens is 480 g/mol. The number of ether oxygens (including phenoxy) is 4. The van der Waals surface area contributed by atoms with Crippen molar-refractivity contribution in [1.82, 2.24) is 5.16 Å². The van der Waals surface area contributed by atoms with E-state index >= 15 is 0 Å². The van der Waals surface area contributed by atoms with Gasteiger partial charge >= 0.3 is 5.91 Å². The van der Waals surface area contributed by atoms with Gasteiger partial charge in [-0.25, -0.2) is 0 Å². The average molecular weight is 509 g/mol. The number of hydrogen-bond acceptors (Lipinski definition) is 9. The average Bonchev–Trinajstić information content (AvgIpc) is 3.46. The van der Waals surface area contributed by atoms with Crippen LogP contribution >= 0.6 is 0 Å². The van der Waals surface area contributed by atoms with E-state index in [2.05, 4.69) is 5.16 Å². The molecule has 1 N–H and O–H groups in total. The molecule has 1 amide bonds. The van der Waals surface area contributed by atoms with E-state index in [0.717, 1.165) is 6.42 Å². The fraction of sp³-hybridized carbons (Fsp3) is 0.296. The Bertz CT molecular complexity index is 1320. The molecular formula is C27H28N2O8. The number of anilines is 1. The second-order valence-corrected chi connectivity index (χ2v) is 8.30. The normalized spacial score (nSPS) is 16.7. The number of amides is 1. The summed E-state index contributed by atoms with van der Waals surface area (Å²) in [7, 11) is 4.39. The smallest absolute Gasteiger partial charge is 0.301 e. The molecule has 4 rings (SSSR count). The molecule has 1 saturated heterocycles.